The minimum atomic E-state index is -3.53. The Kier molecular flexibility index (Phi) is 3.66. The highest BCUT2D eigenvalue weighted by Crippen LogP contribution is 2.08. The molecule has 0 fully saturated rings. The first kappa shape index (κ1) is 11.4. The predicted molar refractivity (Wildman–Crippen MR) is 45.9 cm³/mol. The maximum atomic E-state index is 11.3. The van der Waals surface area contributed by atoms with Gasteiger partial charge in [0, 0.05) is 14.1 Å². The number of amides is 1. The molecule has 2 N–H and O–H groups in total. The average molecular weight is 194 g/mol. The quantitative estimate of drug-likeness (QED) is 0.632. The normalized spacial score (nSPS) is 14.7. The van der Waals surface area contributed by atoms with Crippen LogP contribution >= 0.6 is 0 Å². The SMILES string of the molecule is CCC(C(N)=O)S(=O)(=O)N(C)C. The summed E-state index contributed by atoms with van der Waals surface area (Å²) in [6, 6.07) is 0. The van der Waals surface area contributed by atoms with E-state index in [1.165, 1.54) is 14.1 Å². The van der Waals surface area contributed by atoms with Gasteiger partial charge in [0.25, 0.3) is 0 Å². The van der Waals surface area contributed by atoms with Crippen molar-refractivity contribution < 1.29 is 13.2 Å². The molecule has 0 aliphatic heterocycles. The van der Waals surface area contributed by atoms with Gasteiger partial charge < -0.3 is 5.73 Å². The number of primary amides is 1. The summed E-state index contributed by atoms with van der Waals surface area (Å²) < 4.78 is 23.7. The van der Waals surface area contributed by atoms with E-state index < -0.39 is 21.2 Å². The van der Waals surface area contributed by atoms with Gasteiger partial charge in [0.05, 0.1) is 0 Å². The summed E-state index contributed by atoms with van der Waals surface area (Å²) in [5, 5.41) is -1.10. The molecular weight excluding hydrogens is 180 g/mol. The fourth-order valence-electron chi connectivity index (χ4n) is 0.813. The number of nitrogens with zero attached hydrogens (tertiary/aromatic N) is 1. The number of carbonyl (C=O) groups is 1. The summed E-state index contributed by atoms with van der Waals surface area (Å²) in [6.07, 6.45) is 0.204. The monoisotopic (exact) mass is 194 g/mol. The molecule has 1 atom stereocenters. The summed E-state index contributed by atoms with van der Waals surface area (Å²) in [5.74, 6) is -0.800. The molecule has 0 bridgehead atoms. The third-order valence-corrected chi connectivity index (χ3v) is 3.86. The van der Waals surface area contributed by atoms with Crippen LogP contribution in [0.2, 0.25) is 0 Å². The minimum Gasteiger partial charge on any atom is -0.369 e. The Bertz CT molecular complexity index is 258. The van der Waals surface area contributed by atoms with Gasteiger partial charge in [-0.1, -0.05) is 6.92 Å². The van der Waals surface area contributed by atoms with Gasteiger partial charge >= 0.3 is 0 Å². The Morgan fingerprint density at radius 1 is 1.50 bits per heavy atom. The van der Waals surface area contributed by atoms with Crippen molar-refractivity contribution in [3.05, 3.63) is 0 Å². The molecule has 1 unspecified atom stereocenters. The molecule has 0 aromatic carbocycles. The van der Waals surface area contributed by atoms with Crippen LogP contribution in [0.1, 0.15) is 13.3 Å². The largest absolute Gasteiger partial charge is 0.369 e. The number of nitrogens with two attached hydrogens (primary N) is 1. The van der Waals surface area contributed by atoms with Crippen LogP contribution in [-0.4, -0.2) is 38.0 Å². The van der Waals surface area contributed by atoms with E-state index >= 15 is 0 Å². The van der Waals surface area contributed by atoms with Crippen molar-refractivity contribution in [2.24, 2.45) is 5.73 Å². The highest BCUT2D eigenvalue weighted by Gasteiger charge is 2.30. The second-order valence-electron chi connectivity index (χ2n) is 2.63. The summed E-state index contributed by atoms with van der Waals surface area (Å²) >= 11 is 0. The molecule has 1 amide bonds. The Hall–Kier alpha value is -0.620. The number of carbonyl (C=O) groups excluding carboxylic acids is 1. The second-order valence-corrected chi connectivity index (χ2v) is 4.96. The van der Waals surface area contributed by atoms with Gasteiger partial charge in [0.2, 0.25) is 15.9 Å². The van der Waals surface area contributed by atoms with Crippen LogP contribution in [-0.2, 0) is 14.8 Å². The Balaban J connectivity index is 4.87. The van der Waals surface area contributed by atoms with Gasteiger partial charge in [-0.25, -0.2) is 12.7 Å². The zero-order chi connectivity index (χ0) is 9.94. The summed E-state index contributed by atoms with van der Waals surface area (Å²) in [7, 11) is -0.778. The lowest BCUT2D eigenvalue weighted by Gasteiger charge is -2.17. The second kappa shape index (κ2) is 3.86. The first-order valence-corrected chi connectivity index (χ1v) is 5.05. The van der Waals surface area contributed by atoms with E-state index in [0.717, 1.165) is 4.31 Å². The van der Waals surface area contributed by atoms with E-state index in [1.54, 1.807) is 6.92 Å². The Labute approximate surface area is 72.6 Å². The molecule has 0 rings (SSSR count). The van der Waals surface area contributed by atoms with Crippen molar-refractivity contribution in [1.82, 2.24) is 4.31 Å². The minimum absolute atomic E-state index is 0.204. The highest BCUT2D eigenvalue weighted by molar-refractivity contribution is 7.90. The van der Waals surface area contributed by atoms with Gasteiger partial charge in [-0.05, 0) is 6.42 Å². The fraction of sp³-hybridized carbons (Fsp3) is 0.833. The van der Waals surface area contributed by atoms with E-state index in [2.05, 4.69) is 0 Å². The van der Waals surface area contributed by atoms with Crippen molar-refractivity contribution >= 4 is 15.9 Å². The van der Waals surface area contributed by atoms with Crippen LogP contribution < -0.4 is 5.73 Å². The first-order valence-electron chi connectivity index (χ1n) is 3.54. The van der Waals surface area contributed by atoms with Crippen LogP contribution in [0.5, 0.6) is 0 Å². The number of hydrogen-bond acceptors (Lipinski definition) is 3. The molecule has 72 valence electrons. The first-order chi connectivity index (χ1) is 5.34. The van der Waals surface area contributed by atoms with Gasteiger partial charge in [-0.3, -0.25) is 4.79 Å². The van der Waals surface area contributed by atoms with E-state index in [1.807, 2.05) is 0 Å². The number of hydrogen-bond donors (Lipinski definition) is 1. The van der Waals surface area contributed by atoms with Crippen LogP contribution in [0.25, 0.3) is 0 Å². The third kappa shape index (κ3) is 2.18. The fourth-order valence-corrected chi connectivity index (χ4v) is 2.04. The van der Waals surface area contributed by atoms with Crippen molar-refractivity contribution in [3.8, 4) is 0 Å². The van der Waals surface area contributed by atoms with Gasteiger partial charge in [-0.2, -0.15) is 0 Å². The summed E-state index contributed by atoms with van der Waals surface area (Å²) in [5.41, 5.74) is 4.93. The van der Waals surface area contributed by atoms with Crippen LogP contribution in [0.4, 0.5) is 0 Å². The molecule has 0 aromatic rings. The van der Waals surface area contributed by atoms with Crippen molar-refractivity contribution in [1.29, 1.82) is 0 Å². The average Bonchev–Trinajstić information content (AvgIpc) is 1.86. The molecule has 0 aliphatic carbocycles. The van der Waals surface area contributed by atoms with Crippen molar-refractivity contribution in [2.75, 3.05) is 14.1 Å². The maximum Gasteiger partial charge on any atom is 0.237 e. The lowest BCUT2D eigenvalue weighted by atomic mass is 10.3. The molecule has 12 heavy (non-hydrogen) atoms. The molecule has 6 heteroatoms. The van der Waals surface area contributed by atoms with E-state index in [9.17, 15) is 13.2 Å². The molecule has 0 radical (unpaired) electrons. The van der Waals surface area contributed by atoms with E-state index in [4.69, 9.17) is 5.73 Å². The zero-order valence-electron chi connectivity index (χ0n) is 7.44. The molecule has 0 saturated carbocycles. The smallest absolute Gasteiger partial charge is 0.237 e. The van der Waals surface area contributed by atoms with Crippen LogP contribution in [0.15, 0.2) is 0 Å². The standard InChI is InChI=1S/C6H14N2O3S/c1-4-5(6(7)9)12(10,11)8(2)3/h5H,4H2,1-3H3,(H2,7,9). The number of rotatable bonds is 4. The molecule has 5 nitrogen and oxygen atoms in total. The molecule has 0 aromatic heterocycles. The lowest BCUT2D eigenvalue weighted by molar-refractivity contribution is -0.117. The van der Waals surface area contributed by atoms with Crippen LogP contribution in [0.3, 0.4) is 0 Å². The van der Waals surface area contributed by atoms with Gasteiger partial charge in [0.1, 0.15) is 0 Å². The molecule has 0 aliphatic rings. The van der Waals surface area contributed by atoms with Crippen LogP contribution in [0, 0.1) is 0 Å². The van der Waals surface area contributed by atoms with Gasteiger partial charge in [-0.15, -0.1) is 0 Å². The van der Waals surface area contributed by atoms with E-state index in [0.29, 0.717) is 0 Å². The molecular formula is C6H14N2O3S. The predicted octanol–water partition coefficient (Wildman–Crippen LogP) is -0.858. The van der Waals surface area contributed by atoms with Crippen molar-refractivity contribution in [3.63, 3.8) is 0 Å². The van der Waals surface area contributed by atoms with Crippen molar-refractivity contribution in [2.45, 2.75) is 18.6 Å². The lowest BCUT2D eigenvalue weighted by Crippen LogP contribution is -2.41. The zero-order valence-corrected chi connectivity index (χ0v) is 8.26. The maximum absolute atomic E-state index is 11.3. The summed E-state index contributed by atoms with van der Waals surface area (Å²) in [6.45, 7) is 1.61. The Morgan fingerprint density at radius 3 is 2.00 bits per heavy atom. The third-order valence-electron chi connectivity index (χ3n) is 1.56. The molecule has 0 spiro atoms. The summed E-state index contributed by atoms with van der Waals surface area (Å²) in [4.78, 5) is 10.7. The van der Waals surface area contributed by atoms with Gasteiger partial charge in [0.15, 0.2) is 5.25 Å². The molecule has 0 saturated heterocycles. The highest BCUT2D eigenvalue weighted by atomic mass is 32.2. The van der Waals surface area contributed by atoms with E-state index in [-0.39, 0.29) is 6.42 Å². The number of sulfonamides is 1. The Morgan fingerprint density at radius 2 is 1.92 bits per heavy atom. The topological polar surface area (TPSA) is 80.5 Å². The molecule has 0 heterocycles.